The zero-order valence-corrected chi connectivity index (χ0v) is 15.4. The first kappa shape index (κ1) is 19.2. The summed E-state index contributed by atoms with van der Waals surface area (Å²) in [6, 6.07) is 13.4. The number of ether oxygens (including phenoxy) is 1. The molecule has 2 aromatic heterocycles. The Bertz CT molecular complexity index is 837. The van der Waals surface area contributed by atoms with E-state index in [0.717, 1.165) is 0 Å². The van der Waals surface area contributed by atoms with Gasteiger partial charge in [0, 0.05) is 5.69 Å². The van der Waals surface area contributed by atoms with Crippen LogP contribution < -0.4 is 15.4 Å². The summed E-state index contributed by atoms with van der Waals surface area (Å²) < 4.78 is 15.8. The summed E-state index contributed by atoms with van der Waals surface area (Å²) in [7, 11) is 1.56. The van der Waals surface area contributed by atoms with E-state index in [1.165, 1.54) is 0 Å². The van der Waals surface area contributed by atoms with E-state index in [2.05, 4.69) is 10.6 Å². The highest BCUT2D eigenvalue weighted by Gasteiger charge is 2.16. The Hall–Kier alpha value is -3.52. The first-order valence-electron chi connectivity index (χ1n) is 8.64. The van der Waals surface area contributed by atoms with Crippen LogP contribution >= 0.6 is 0 Å². The van der Waals surface area contributed by atoms with E-state index >= 15 is 0 Å². The molecule has 0 saturated heterocycles. The molecule has 0 aliphatic rings. The molecule has 3 aromatic rings. The van der Waals surface area contributed by atoms with Crippen LogP contribution in [0.1, 0.15) is 11.5 Å². The number of rotatable bonds is 8. The second kappa shape index (κ2) is 9.43. The van der Waals surface area contributed by atoms with Gasteiger partial charge in [0.15, 0.2) is 0 Å². The summed E-state index contributed by atoms with van der Waals surface area (Å²) in [6.07, 6.45) is 3.14. The largest absolute Gasteiger partial charge is 0.497 e. The van der Waals surface area contributed by atoms with Gasteiger partial charge in [-0.25, -0.2) is 4.79 Å². The van der Waals surface area contributed by atoms with Gasteiger partial charge in [0.2, 0.25) is 5.91 Å². The van der Waals surface area contributed by atoms with Crippen molar-refractivity contribution in [2.45, 2.75) is 13.1 Å². The number of hydrogen-bond acceptors (Lipinski definition) is 6. The zero-order valence-electron chi connectivity index (χ0n) is 15.4. The zero-order chi connectivity index (χ0) is 19.8. The molecule has 0 saturated carbocycles. The van der Waals surface area contributed by atoms with E-state index in [-0.39, 0.29) is 6.54 Å². The highest BCUT2D eigenvalue weighted by Crippen LogP contribution is 2.15. The number of carbonyl (C=O) groups is 2. The van der Waals surface area contributed by atoms with Crippen LogP contribution in [-0.2, 0) is 17.9 Å². The van der Waals surface area contributed by atoms with Crippen LogP contribution in [0.5, 0.6) is 5.75 Å². The number of furan rings is 2. The summed E-state index contributed by atoms with van der Waals surface area (Å²) in [5.74, 6) is 1.65. The second-order valence-corrected chi connectivity index (χ2v) is 6.03. The smallest absolute Gasteiger partial charge is 0.325 e. The van der Waals surface area contributed by atoms with Crippen molar-refractivity contribution in [3.05, 3.63) is 72.6 Å². The molecule has 0 aliphatic heterocycles. The normalized spacial score (nSPS) is 10.6. The number of imide groups is 1. The molecule has 146 valence electrons. The number of urea groups is 1. The number of nitrogens with zero attached hydrogens (tertiary/aromatic N) is 1. The maximum atomic E-state index is 12.3. The van der Waals surface area contributed by atoms with Gasteiger partial charge in [0.05, 0.1) is 39.3 Å². The fourth-order valence-corrected chi connectivity index (χ4v) is 2.62. The quantitative estimate of drug-likeness (QED) is 0.620. The molecule has 0 radical (unpaired) electrons. The molecule has 2 N–H and O–H groups in total. The van der Waals surface area contributed by atoms with E-state index in [9.17, 15) is 9.59 Å². The molecule has 1 aromatic carbocycles. The van der Waals surface area contributed by atoms with E-state index in [1.807, 2.05) is 17.0 Å². The van der Waals surface area contributed by atoms with Crippen LogP contribution in [0.15, 0.2) is 69.9 Å². The maximum absolute atomic E-state index is 12.3. The Kier molecular flexibility index (Phi) is 6.48. The number of hydrogen-bond donors (Lipinski definition) is 2. The van der Waals surface area contributed by atoms with E-state index < -0.39 is 11.9 Å². The number of anilines is 1. The van der Waals surface area contributed by atoms with Crippen LogP contribution in [0.2, 0.25) is 0 Å². The van der Waals surface area contributed by atoms with Gasteiger partial charge in [-0.3, -0.25) is 15.0 Å². The number of methoxy groups -OCH3 is 1. The number of carbonyl (C=O) groups excluding carboxylic acids is 2. The Morgan fingerprint density at radius 2 is 1.57 bits per heavy atom. The molecule has 0 fully saturated rings. The molecule has 8 nitrogen and oxygen atoms in total. The first-order chi connectivity index (χ1) is 13.6. The average molecular weight is 383 g/mol. The highest BCUT2D eigenvalue weighted by molar-refractivity contribution is 6.01. The Labute approximate surface area is 162 Å². The maximum Gasteiger partial charge on any atom is 0.325 e. The molecule has 0 atom stereocenters. The summed E-state index contributed by atoms with van der Waals surface area (Å²) in [5.41, 5.74) is 0.550. The SMILES string of the molecule is COc1ccc(NC(=O)NC(=O)CN(Cc2ccco2)Cc2ccco2)cc1. The molecule has 0 spiro atoms. The Morgan fingerprint density at radius 1 is 0.964 bits per heavy atom. The number of benzene rings is 1. The predicted molar refractivity (Wildman–Crippen MR) is 102 cm³/mol. The van der Waals surface area contributed by atoms with Gasteiger partial charge in [-0.15, -0.1) is 0 Å². The van der Waals surface area contributed by atoms with Crippen molar-refractivity contribution < 1.29 is 23.2 Å². The van der Waals surface area contributed by atoms with Crippen LogP contribution in [0.3, 0.4) is 0 Å². The van der Waals surface area contributed by atoms with Crippen LogP contribution in [0, 0.1) is 0 Å². The van der Waals surface area contributed by atoms with Crippen molar-refractivity contribution in [2.24, 2.45) is 0 Å². The van der Waals surface area contributed by atoms with Crippen LogP contribution in [0.25, 0.3) is 0 Å². The molecular weight excluding hydrogens is 362 g/mol. The topological polar surface area (TPSA) is 97.0 Å². The van der Waals surface area contributed by atoms with E-state index in [1.54, 1.807) is 56.0 Å². The molecule has 2 heterocycles. The minimum Gasteiger partial charge on any atom is -0.497 e. The highest BCUT2D eigenvalue weighted by atomic mass is 16.5. The number of nitrogens with one attached hydrogen (secondary N) is 2. The fourth-order valence-electron chi connectivity index (χ4n) is 2.62. The Morgan fingerprint density at radius 3 is 2.07 bits per heavy atom. The molecule has 8 heteroatoms. The molecular formula is C20H21N3O5. The molecule has 0 bridgehead atoms. The Balaban J connectivity index is 1.55. The van der Waals surface area contributed by atoms with Gasteiger partial charge in [-0.2, -0.15) is 0 Å². The number of amides is 3. The standard InChI is InChI=1S/C20H21N3O5/c1-26-16-8-6-15(7-9-16)21-20(25)22-19(24)14-23(12-17-4-2-10-27-17)13-18-5-3-11-28-18/h2-11H,12-14H2,1H3,(H2,21,22,24,25). The van der Waals surface area contributed by atoms with Gasteiger partial charge in [0.1, 0.15) is 17.3 Å². The lowest BCUT2D eigenvalue weighted by molar-refractivity contribution is -0.121. The van der Waals surface area contributed by atoms with Gasteiger partial charge < -0.3 is 18.9 Å². The van der Waals surface area contributed by atoms with Crippen molar-refractivity contribution in [3.8, 4) is 5.75 Å². The van der Waals surface area contributed by atoms with Gasteiger partial charge in [0.25, 0.3) is 0 Å². The molecule has 0 aliphatic carbocycles. The third kappa shape index (κ3) is 5.75. The summed E-state index contributed by atoms with van der Waals surface area (Å²) in [5, 5.41) is 4.93. The minimum absolute atomic E-state index is 0.00255. The van der Waals surface area contributed by atoms with Crippen molar-refractivity contribution in [1.29, 1.82) is 0 Å². The summed E-state index contributed by atoms with van der Waals surface area (Å²) in [4.78, 5) is 26.2. The summed E-state index contributed by atoms with van der Waals surface area (Å²) >= 11 is 0. The molecule has 3 amide bonds. The van der Waals surface area contributed by atoms with Gasteiger partial charge >= 0.3 is 6.03 Å². The third-order valence-electron chi connectivity index (χ3n) is 3.89. The minimum atomic E-state index is -0.605. The van der Waals surface area contributed by atoms with Gasteiger partial charge in [-0.05, 0) is 48.5 Å². The van der Waals surface area contributed by atoms with Gasteiger partial charge in [-0.1, -0.05) is 0 Å². The predicted octanol–water partition coefficient (Wildman–Crippen LogP) is 3.23. The van der Waals surface area contributed by atoms with Crippen molar-refractivity contribution in [1.82, 2.24) is 10.2 Å². The second-order valence-electron chi connectivity index (χ2n) is 6.03. The molecule has 0 unspecified atom stereocenters. The average Bonchev–Trinajstić information content (AvgIpc) is 3.36. The van der Waals surface area contributed by atoms with Crippen molar-refractivity contribution >= 4 is 17.6 Å². The molecule has 3 rings (SSSR count). The monoisotopic (exact) mass is 383 g/mol. The first-order valence-corrected chi connectivity index (χ1v) is 8.64. The lowest BCUT2D eigenvalue weighted by Gasteiger charge is -2.19. The fraction of sp³-hybridized carbons (Fsp3) is 0.200. The molecule has 28 heavy (non-hydrogen) atoms. The van der Waals surface area contributed by atoms with Crippen molar-refractivity contribution in [2.75, 3.05) is 19.0 Å². The third-order valence-corrected chi connectivity index (χ3v) is 3.89. The van der Waals surface area contributed by atoms with Crippen LogP contribution in [-0.4, -0.2) is 30.5 Å². The lowest BCUT2D eigenvalue weighted by Crippen LogP contribution is -2.41. The van der Waals surface area contributed by atoms with E-state index in [0.29, 0.717) is 36.0 Å². The lowest BCUT2D eigenvalue weighted by atomic mass is 10.3. The van der Waals surface area contributed by atoms with E-state index in [4.69, 9.17) is 13.6 Å². The van der Waals surface area contributed by atoms with Crippen molar-refractivity contribution in [3.63, 3.8) is 0 Å². The summed E-state index contributed by atoms with van der Waals surface area (Å²) in [6.45, 7) is 0.805. The van der Waals surface area contributed by atoms with Crippen LogP contribution in [0.4, 0.5) is 10.5 Å².